The first-order valence-electron chi connectivity index (χ1n) is 5.84. The topological polar surface area (TPSA) is 56.7 Å². The van der Waals surface area contributed by atoms with E-state index >= 15 is 0 Å². The number of hydrogen-bond donors (Lipinski definition) is 1. The van der Waals surface area contributed by atoms with Gasteiger partial charge in [-0.1, -0.05) is 19.9 Å². The van der Waals surface area contributed by atoms with Crippen molar-refractivity contribution in [2.75, 3.05) is 0 Å². The van der Waals surface area contributed by atoms with Gasteiger partial charge in [-0.15, -0.1) is 0 Å². The van der Waals surface area contributed by atoms with Gasteiger partial charge in [-0.2, -0.15) is 0 Å². The summed E-state index contributed by atoms with van der Waals surface area (Å²) in [5.74, 6) is 0.397. The fourth-order valence-electron chi connectivity index (χ4n) is 1.75. The van der Waals surface area contributed by atoms with E-state index in [0.717, 1.165) is 17.9 Å². The van der Waals surface area contributed by atoms with Crippen molar-refractivity contribution >= 4 is 0 Å². The average Bonchev–Trinajstić information content (AvgIpc) is 2.77. The largest absolute Gasteiger partial charge is 0.327 e. The maximum absolute atomic E-state index is 6.16. The molecule has 0 aliphatic heterocycles. The highest BCUT2D eigenvalue weighted by Crippen LogP contribution is 2.18. The summed E-state index contributed by atoms with van der Waals surface area (Å²) < 4.78 is 2.06. The molecule has 2 rings (SSSR count). The summed E-state index contributed by atoms with van der Waals surface area (Å²) in [7, 11) is 0. The molecule has 0 aromatic carbocycles. The zero-order chi connectivity index (χ0) is 12.3. The van der Waals surface area contributed by atoms with Crippen LogP contribution < -0.4 is 5.73 Å². The maximum atomic E-state index is 6.16. The minimum Gasteiger partial charge on any atom is -0.327 e. The first-order valence-corrected chi connectivity index (χ1v) is 5.84. The fraction of sp³-hybridized carbons (Fsp3) is 0.385. The highest BCUT2D eigenvalue weighted by Gasteiger charge is 2.15. The van der Waals surface area contributed by atoms with E-state index in [0.29, 0.717) is 5.92 Å². The lowest BCUT2D eigenvalue weighted by Gasteiger charge is -2.17. The maximum Gasteiger partial charge on any atom is 0.0952 e. The number of pyridine rings is 1. The van der Waals surface area contributed by atoms with Crippen LogP contribution in [0.2, 0.25) is 0 Å². The highest BCUT2D eigenvalue weighted by molar-refractivity contribution is 5.10. The molecule has 2 aromatic heterocycles. The third kappa shape index (κ3) is 2.71. The Morgan fingerprint density at radius 3 is 2.82 bits per heavy atom. The second-order valence-electron chi connectivity index (χ2n) is 4.54. The van der Waals surface area contributed by atoms with Crippen LogP contribution in [-0.2, 0) is 6.54 Å². The summed E-state index contributed by atoms with van der Waals surface area (Å²) in [4.78, 5) is 8.49. The normalized spacial score (nSPS) is 12.9. The van der Waals surface area contributed by atoms with Gasteiger partial charge in [0.2, 0.25) is 0 Å². The Hall–Kier alpha value is -1.68. The van der Waals surface area contributed by atoms with Gasteiger partial charge in [0.1, 0.15) is 0 Å². The van der Waals surface area contributed by atoms with E-state index in [1.807, 2.05) is 30.7 Å². The van der Waals surface area contributed by atoms with E-state index < -0.39 is 0 Å². The van der Waals surface area contributed by atoms with Gasteiger partial charge in [0.25, 0.3) is 0 Å². The predicted molar refractivity (Wildman–Crippen MR) is 67.3 cm³/mol. The number of nitrogens with two attached hydrogens (primary N) is 1. The SMILES string of the molecule is CC(C)C(N)c1cncn1Cc1ccccn1. The van der Waals surface area contributed by atoms with Crippen LogP contribution in [0.15, 0.2) is 36.9 Å². The van der Waals surface area contributed by atoms with Crippen LogP contribution in [0.25, 0.3) is 0 Å². The van der Waals surface area contributed by atoms with Gasteiger partial charge in [0, 0.05) is 18.4 Å². The molecule has 0 spiro atoms. The van der Waals surface area contributed by atoms with Crippen LogP contribution in [0.3, 0.4) is 0 Å². The minimum absolute atomic E-state index is 0.0150. The molecule has 17 heavy (non-hydrogen) atoms. The molecule has 1 unspecified atom stereocenters. The number of imidazole rings is 1. The van der Waals surface area contributed by atoms with Gasteiger partial charge in [-0.25, -0.2) is 4.98 Å². The van der Waals surface area contributed by atoms with Crippen molar-refractivity contribution in [3.05, 3.63) is 48.3 Å². The molecule has 0 bridgehead atoms. The van der Waals surface area contributed by atoms with Gasteiger partial charge in [-0.05, 0) is 18.1 Å². The zero-order valence-electron chi connectivity index (χ0n) is 10.2. The molecule has 0 aliphatic rings. The van der Waals surface area contributed by atoms with Gasteiger partial charge in [0.15, 0.2) is 0 Å². The molecule has 4 nitrogen and oxygen atoms in total. The molecule has 90 valence electrons. The number of rotatable bonds is 4. The van der Waals surface area contributed by atoms with Gasteiger partial charge < -0.3 is 10.3 Å². The fourth-order valence-corrected chi connectivity index (χ4v) is 1.75. The molecule has 4 heteroatoms. The molecule has 1 atom stereocenters. The number of aromatic nitrogens is 3. The summed E-state index contributed by atoms with van der Waals surface area (Å²) in [6.45, 7) is 4.95. The molecule has 0 fully saturated rings. The molecular formula is C13H18N4. The van der Waals surface area contributed by atoms with E-state index in [9.17, 15) is 0 Å². The number of nitrogens with zero attached hydrogens (tertiary/aromatic N) is 3. The molecule has 2 aromatic rings. The third-order valence-electron chi connectivity index (χ3n) is 2.86. The Balaban J connectivity index is 2.20. The van der Waals surface area contributed by atoms with Gasteiger partial charge >= 0.3 is 0 Å². The monoisotopic (exact) mass is 230 g/mol. The number of hydrogen-bond acceptors (Lipinski definition) is 3. The molecule has 0 saturated heterocycles. The molecule has 0 radical (unpaired) electrons. The van der Waals surface area contributed by atoms with Crippen LogP contribution >= 0.6 is 0 Å². The Morgan fingerprint density at radius 2 is 2.18 bits per heavy atom. The Labute approximate surface area is 102 Å². The Kier molecular flexibility index (Phi) is 3.54. The van der Waals surface area contributed by atoms with E-state index in [1.165, 1.54) is 0 Å². The predicted octanol–water partition coefficient (Wildman–Crippen LogP) is 1.98. The van der Waals surface area contributed by atoms with Crippen molar-refractivity contribution < 1.29 is 0 Å². The van der Waals surface area contributed by atoms with E-state index in [4.69, 9.17) is 5.73 Å². The molecule has 2 N–H and O–H groups in total. The lowest BCUT2D eigenvalue weighted by Crippen LogP contribution is -2.20. The quantitative estimate of drug-likeness (QED) is 0.873. The minimum atomic E-state index is 0.0150. The van der Waals surface area contributed by atoms with E-state index in [2.05, 4.69) is 28.4 Å². The zero-order valence-corrected chi connectivity index (χ0v) is 10.2. The van der Waals surface area contributed by atoms with Crippen molar-refractivity contribution in [2.24, 2.45) is 11.7 Å². The van der Waals surface area contributed by atoms with Crippen molar-refractivity contribution in [1.82, 2.24) is 14.5 Å². The molecule has 0 amide bonds. The Bertz CT molecular complexity index is 461. The smallest absolute Gasteiger partial charge is 0.0952 e. The van der Waals surface area contributed by atoms with Gasteiger partial charge in [-0.3, -0.25) is 4.98 Å². The second-order valence-corrected chi connectivity index (χ2v) is 4.54. The third-order valence-corrected chi connectivity index (χ3v) is 2.86. The molecular weight excluding hydrogens is 212 g/mol. The summed E-state index contributed by atoms with van der Waals surface area (Å²) >= 11 is 0. The van der Waals surface area contributed by atoms with Crippen LogP contribution in [0.5, 0.6) is 0 Å². The average molecular weight is 230 g/mol. The van der Waals surface area contributed by atoms with Crippen LogP contribution in [0.4, 0.5) is 0 Å². The summed E-state index contributed by atoms with van der Waals surface area (Å²) in [5.41, 5.74) is 8.23. The summed E-state index contributed by atoms with van der Waals surface area (Å²) in [6, 6.07) is 5.92. The molecule has 0 saturated carbocycles. The van der Waals surface area contributed by atoms with Crippen molar-refractivity contribution in [2.45, 2.75) is 26.4 Å². The van der Waals surface area contributed by atoms with E-state index in [-0.39, 0.29) is 6.04 Å². The lowest BCUT2D eigenvalue weighted by molar-refractivity contribution is 0.483. The van der Waals surface area contributed by atoms with Crippen molar-refractivity contribution in [3.63, 3.8) is 0 Å². The molecule has 0 aliphatic carbocycles. The van der Waals surface area contributed by atoms with Crippen LogP contribution in [-0.4, -0.2) is 14.5 Å². The first-order chi connectivity index (χ1) is 8.18. The first kappa shape index (κ1) is 11.8. The standard InChI is InChI=1S/C13H18N4/c1-10(2)13(14)12-7-15-9-17(12)8-11-5-3-4-6-16-11/h3-7,9-10,13H,8,14H2,1-2H3. The van der Waals surface area contributed by atoms with Crippen molar-refractivity contribution in [1.29, 1.82) is 0 Å². The highest BCUT2D eigenvalue weighted by atomic mass is 15.1. The van der Waals surface area contributed by atoms with Crippen LogP contribution in [0, 0.1) is 5.92 Å². The van der Waals surface area contributed by atoms with Crippen LogP contribution in [0.1, 0.15) is 31.3 Å². The Morgan fingerprint density at radius 1 is 1.35 bits per heavy atom. The van der Waals surface area contributed by atoms with E-state index in [1.54, 1.807) is 6.20 Å². The summed E-state index contributed by atoms with van der Waals surface area (Å²) in [6.07, 6.45) is 5.45. The van der Waals surface area contributed by atoms with Gasteiger partial charge in [0.05, 0.1) is 24.3 Å². The molecule has 2 heterocycles. The van der Waals surface area contributed by atoms with Crippen molar-refractivity contribution in [3.8, 4) is 0 Å². The summed E-state index contributed by atoms with van der Waals surface area (Å²) in [5, 5.41) is 0. The second kappa shape index (κ2) is 5.10. The lowest BCUT2D eigenvalue weighted by atomic mass is 10.0.